The summed E-state index contributed by atoms with van der Waals surface area (Å²) in [5, 5.41) is 0. The fraction of sp³-hybridized carbons (Fsp3) is 0.217. The van der Waals surface area contributed by atoms with Crippen molar-refractivity contribution >= 4 is 55.6 Å². The molecule has 10 rings (SSSR count). The SMILES string of the molecule is O=S1(=O)CCN(c2ccc3[nH]c(-c4ccc(OCc5ccccc5)cc4)nc3n2)CC1.c1ccc(COc2ccc(-c3nc4nc(N5CCSCC5)ccc4[nH]3)cc2)cc1. The van der Waals surface area contributed by atoms with Gasteiger partial charge in [-0.15, -0.1) is 0 Å². The minimum Gasteiger partial charge on any atom is -0.489 e. The molecule has 2 aliphatic rings. The summed E-state index contributed by atoms with van der Waals surface area (Å²) in [7, 11) is -2.92. The summed E-state index contributed by atoms with van der Waals surface area (Å²) in [5.74, 6) is 7.61. The minimum absolute atomic E-state index is 0.164. The van der Waals surface area contributed by atoms with E-state index in [2.05, 4.69) is 49.1 Å². The third-order valence-corrected chi connectivity index (χ3v) is 13.0. The Hall–Kier alpha value is -6.38. The molecule has 0 amide bonds. The second kappa shape index (κ2) is 17.9. The molecule has 0 bridgehead atoms. The third-order valence-electron chi connectivity index (χ3n) is 10.4. The average Bonchev–Trinajstić information content (AvgIpc) is 3.94. The van der Waals surface area contributed by atoms with Gasteiger partial charge in [0.2, 0.25) is 0 Å². The first-order chi connectivity index (χ1) is 29.4. The Balaban J connectivity index is 0.000000154. The molecule has 304 valence electrons. The molecule has 2 saturated heterocycles. The number of H-pyrrole nitrogens is 2. The van der Waals surface area contributed by atoms with Crippen molar-refractivity contribution in [3.05, 3.63) is 145 Å². The Labute approximate surface area is 353 Å². The molecule has 14 heteroatoms. The van der Waals surface area contributed by atoms with E-state index in [9.17, 15) is 8.42 Å². The van der Waals surface area contributed by atoms with Crippen molar-refractivity contribution in [3.63, 3.8) is 0 Å². The lowest BCUT2D eigenvalue weighted by Gasteiger charge is -2.27. The summed E-state index contributed by atoms with van der Waals surface area (Å²) in [6, 6.07) is 44.0. The maximum atomic E-state index is 11.7. The van der Waals surface area contributed by atoms with Gasteiger partial charge < -0.3 is 29.2 Å². The van der Waals surface area contributed by atoms with Crippen molar-refractivity contribution in [2.24, 2.45) is 0 Å². The van der Waals surface area contributed by atoms with Crippen LogP contribution in [0.15, 0.2) is 133 Å². The molecule has 2 aliphatic heterocycles. The van der Waals surface area contributed by atoms with Crippen molar-refractivity contribution in [1.29, 1.82) is 0 Å². The van der Waals surface area contributed by atoms with E-state index >= 15 is 0 Å². The largest absolute Gasteiger partial charge is 0.489 e. The van der Waals surface area contributed by atoms with Gasteiger partial charge in [0.05, 0.1) is 22.5 Å². The van der Waals surface area contributed by atoms with Crippen molar-refractivity contribution in [2.75, 3.05) is 59.0 Å². The zero-order chi connectivity index (χ0) is 40.7. The molecule has 2 fully saturated rings. The topological polar surface area (TPSA) is 142 Å². The number of hydrogen-bond donors (Lipinski definition) is 2. The van der Waals surface area contributed by atoms with Gasteiger partial charge in [0.1, 0.15) is 48.0 Å². The predicted octanol–water partition coefficient (Wildman–Crippen LogP) is 8.20. The Morgan fingerprint density at radius 2 is 0.950 bits per heavy atom. The molecule has 0 spiro atoms. The first-order valence-corrected chi connectivity index (χ1v) is 22.9. The molecular weight excluding hydrogens is 793 g/mol. The lowest BCUT2D eigenvalue weighted by molar-refractivity contribution is 0.306. The van der Waals surface area contributed by atoms with Crippen LogP contribution in [0.2, 0.25) is 0 Å². The van der Waals surface area contributed by atoms with E-state index in [4.69, 9.17) is 19.4 Å². The number of hydrogen-bond acceptors (Lipinski definition) is 11. The van der Waals surface area contributed by atoms with Crippen LogP contribution in [0.5, 0.6) is 11.5 Å². The van der Waals surface area contributed by atoms with E-state index in [-0.39, 0.29) is 11.5 Å². The highest BCUT2D eigenvalue weighted by atomic mass is 32.2. The van der Waals surface area contributed by atoms with Crippen LogP contribution in [0.4, 0.5) is 11.6 Å². The number of benzene rings is 4. The number of nitrogens with one attached hydrogen (secondary N) is 2. The highest BCUT2D eigenvalue weighted by molar-refractivity contribution is 7.99. The highest BCUT2D eigenvalue weighted by Gasteiger charge is 2.23. The second-order valence-corrected chi connectivity index (χ2v) is 18.1. The second-order valence-electron chi connectivity index (χ2n) is 14.6. The molecule has 0 aliphatic carbocycles. The minimum atomic E-state index is -2.92. The normalized spacial score (nSPS) is 15.1. The van der Waals surface area contributed by atoms with E-state index in [0.717, 1.165) is 98.3 Å². The summed E-state index contributed by atoms with van der Waals surface area (Å²) in [4.78, 5) is 29.8. The van der Waals surface area contributed by atoms with Crippen molar-refractivity contribution in [3.8, 4) is 34.3 Å². The van der Waals surface area contributed by atoms with Crippen LogP contribution in [0.3, 0.4) is 0 Å². The summed E-state index contributed by atoms with van der Waals surface area (Å²) < 4.78 is 35.1. The monoisotopic (exact) mass is 836 g/mol. The van der Waals surface area contributed by atoms with Crippen LogP contribution in [-0.4, -0.2) is 87.5 Å². The number of fused-ring (bicyclic) bond motifs is 2. The van der Waals surface area contributed by atoms with E-state index in [0.29, 0.717) is 32.0 Å². The third kappa shape index (κ3) is 9.56. The van der Waals surface area contributed by atoms with Gasteiger partial charge >= 0.3 is 0 Å². The molecule has 8 aromatic rings. The van der Waals surface area contributed by atoms with Gasteiger partial charge in [0, 0.05) is 48.8 Å². The van der Waals surface area contributed by atoms with Gasteiger partial charge in [-0.1, -0.05) is 60.7 Å². The van der Waals surface area contributed by atoms with Gasteiger partial charge in [-0.25, -0.2) is 28.4 Å². The van der Waals surface area contributed by atoms with Crippen LogP contribution in [0.1, 0.15) is 11.1 Å². The number of pyridine rings is 2. The number of nitrogens with zero attached hydrogens (tertiary/aromatic N) is 6. The molecule has 4 aromatic carbocycles. The quantitative estimate of drug-likeness (QED) is 0.138. The molecule has 60 heavy (non-hydrogen) atoms. The lowest BCUT2D eigenvalue weighted by Crippen LogP contribution is -2.40. The zero-order valence-corrected chi connectivity index (χ0v) is 34.5. The van der Waals surface area contributed by atoms with Crippen LogP contribution in [0.25, 0.3) is 45.1 Å². The number of aromatic nitrogens is 6. The van der Waals surface area contributed by atoms with Gasteiger partial charge in [-0.3, -0.25) is 0 Å². The Bertz CT molecular complexity index is 2760. The average molecular weight is 837 g/mol. The van der Waals surface area contributed by atoms with E-state index in [1.54, 1.807) is 0 Å². The Kier molecular flexibility index (Phi) is 11.6. The molecular formula is C46H44N8O4S2. The number of sulfone groups is 1. The molecule has 2 N–H and O–H groups in total. The fourth-order valence-electron chi connectivity index (χ4n) is 7.02. The Morgan fingerprint density at radius 3 is 1.40 bits per heavy atom. The zero-order valence-electron chi connectivity index (χ0n) is 32.9. The number of aromatic amines is 2. The first kappa shape index (κ1) is 39.1. The molecule has 12 nitrogen and oxygen atoms in total. The molecule has 6 heterocycles. The van der Waals surface area contributed by atoms with Gasteiger partial charge in [-0.2, -0.15) is 11.8 Å². The van der Waals surface area contributed by atoms with E-state index in [1.807, 2.05) is 126 Å². The molecule has 4 aromatic heterocycles. The van der Waals surface area contributed by atoms with Gasteiger partial charge in [-0.05, 0) is 83.9 Å². The van der Waals surface area contributed by atoms with Gasteiger partial charge in [0.25, 0.3) is 0 Å². The van der Waals surface area contributed by atoms with Crippen molar-refractivity contribution < 1.29 is 17.9 Å². The van der Waals surface area contributed by atoms with Crippen LogP contribution < -0.4 is 19.3 Å². The van der Waals surface area contributed by atoms with Crippen LogP contribution >= 0.6 is 11.8 Å². The number of rotatable bonds is 10. The number of thioether (sulfide) groups is 1. The van der Waals surface area contributed by atoms with Crippen LogP contribution in [-0.2, 0) is 23.1 Å². The summed E-state index contributed by atoms with van der Waals surface area (Å²) in [5.41, 5.74) is 7.42. The fourth-order valence-corrected chi connectivity index (χ4v) is 9.13. The van der Waals surface area contributed by atoms with Crippen molar-refractivity contribution in [1.82, 2.24) is 29.9 Å². The summed E-state index contributed by atoms with van der Waals surface area (Å²) in [6.07, 6.45) is 0. The van der Waals surface area contributed by atoms with E-state index in [1.165, 1.54) is 0 Å². The predicted molar refractivity (Wildman–Crippen MR) is 241 cm³/mol. The molecule has 0 atom stereocenters. The summed E-state index contributed by atoms with van der Waals surface area (Å²) >= 11 is 2.00. The van der Waals surface area contributed by atoms with Gasteiger partial charge in [0.15, 0.2) is 21.1 Å². The standard InChI is InChI=1S/C23H22N4O3S.C23H22N4OS/c28-31(29)14-12-27(13-15-31)21-11-10-20-23(25-21)26-22(24-20)18-6-8-19(9-7-18)30-16-17-4-2-1-3-5-17;1-2-4-17(5-3-1)16-28-19-8-6-18(7-9-19)22-24-20-10-11-21(25-23(20)26-22)27-12-14-29-15-13-27/h1-11H,12-16H2,(H,24,25,26);1-11H,12-16H2,(H,24,25,26). The maximum Gasteiger partial charge on any atom is 0.180 e. The van der Waals surface area contributed by atoms with Crippen molar-refractivity contribution in [2.45, 2.75) is 13.2 Å². The number of anilines is 2. The highest BCUT2D eigenvalue weighted by Crippen LogP contribution is 2.27. The molecule has 0 radical (unpaired) electrons. The summed E-state index contributed by atoms with van der Waals surface area (Å²) in [6.45, 7) is 4.10. The lowest BCUT2D eigenvalue weighted by atomic mass is 10.2. The number of ether oxygens (including phenoxy) is 2. The smallest absolute Gasteiger partial charge is 0.180 e. The van der Waals surface area contributed by atoms with Crippen LogP contribution in [0, 0.1) is 0 Å². The van der Waals surface area contributed by atoms with E-state index < -0.39 is 9.84 Å². The maximum absolute atomic E-state index is 11.7. The molecule has 0 saturated carbocycles. The molecule has 0 unspecified atom stereocenters. The number of imidazole rings is 2. The Morgan fingerprint density at radius 1 is 0.517 bits per heavy atom. The first-order valence-electron chi connectivity index (χ1n) is 20.0.